The molecule has 0 aliphatic carbocycles. The van der Waals surface area contributed by atoms with Crippen LogP contribution in [0.4, 0.5) is 13.2 Å². The van der Waals surface area contributed by atoms with Crippen LogP contribution >= 0.6 is 0 Å². The zero-order valence-electron chi connectivity index (χ0n) is 14.3. The largest absolute Gasteiger partial charge is 0.462 e. The molecule has 0 saturated carbocycles. The van der Waals surface area contributed by atoms with Gasteiger partial charge in [-0.3, -0.25) is 0 Å². The number of esters is 1. The summed E-state index contributed by atoms with van der Waals surface area (Å²) >= 11 is 0. The van der Waals surface area contributed by atoms with Crippen molar-refractivity contribution in [1.29, 1.82) is 0 Å². The first-order valence-electron chi connectivity index (χ1n) is 8.79. The monoisotopic (exact) mass is 344 g/mol. The maximum atomic E-state index is 12.4. The summed E-state index contributed by atoms with van der Waals surface area (Å²) in [5.74, 6) is -0.566. The highest BCUT2D eigenvalue weighted by Gasteiger charge is 2.30. The van der Waals surface area contributed by atoms with Gasteiger partial charge in [-0.2, -0.15) is 13.2 Å². The predicted octanol–water partition coefficient (Wildman–Crippen LogP) is 6.39. The fourth-order valence-electron chi connectivity index (χ4n) is 2.46. The fourth-order valence-corrected chi connectivity index (χ4v) is 2.46. The molecule has 0 bridgehead atoms. The van der Waals surface area contributed by atoms with Crippen LogP contribution in [-0.4, -0.2) is 12.6 Å². The molecule has 0 atom stereocenters. The number of hydrogen-bond donors (Lipinski definition) is 0. The second-order valence-electron chi connectivity index (χ2n) is 6.04. The van der Waals surface area contributed by atoms with E-state index in [4.69, 9.17) is 4.74 Å². The Morgan fingerprint density at radius 2 is 1.38 bits per heavy atom. The van der Waals surface area contributed by atoms with Crippen LogP contribution in [0.25, 0.3) is 0 Å². The molecule has 0 aromatic heterocycles. The summed E-state index contributed by atoms with van der Waals surface area (Å²) < 4.78 is 42.4. The zero-order chi connectivity index (χ0) is 17.8. The first-order chi connectivity index (χ1) is 11.4. The number of alkyl halides is 3. The van der Waals surface area contributed by atoms with Gasteiger partial charge in [-0.25, -0.2) is 4.79 Å². The first kappa shape index (κ1) is 20.5. The molecule has 0 aliphatic heterocycles. The van der Waals surface area contributed by atoms with Crippen LogP contribution in [0.1, 0.15) is 80.6 Å². The third kappa shape index (κ3) is 8.37. The number of hydrogen-bond acceptors (Lipinski definition) is 2. The molecule has 0 fully saturated rings. The van der Waals surface area contributed by atoms with Gasteiger partial charge in [0.1, 0.15) is 0 Å². The van der Waals surface area contributed by atoms with Crippen LogP contribution in [0.3, 0.4) is 0 Å². The second-order valence-corrected chi connectivity index (χ2v) is 6.04. The van der Waals surface area contributed by atoms with Gasteiger partial charge in [0, 0.05) is 0 Å². The average molecular weight is 344 g/mol. The summed E-state index contributed by atoms with van der Waals surface area (Å²) in [7, 11) is 0. The molecule has 0 heterocycles. The maximum absolute atomic E-state index is 12.4. The molecule has 136 valence electrons. The highest BCUT2D eigenvalue weighted by atomic mass is 19.4. The Labute approximate surface area is 142 Å². The minimum Gasteiger partial charge on any atom is -0.462 e. The van der Waals surface area contributed by atoms with E-state index in [1.54, 1.807) is 0 Å². The Morgan fingerprint density at radius 1 is 0.875 bits per heavy atom. The number of ether oxygens (including phenoxy) is 1. The van der Waals surface area contributed by atoms with Crippen molar-refractivity contribution in [2.45, 2.75) is 70.9 Å². The summed E-state index contributed by atoms with van der Waals surface area (Å²) in [5, 5.41) is 0. The van der Waals surface area contributed by atoms with Crippen LogP contribution in [-0.2, 0) is 10.9 Å². The molecular weight excluding hydrogens is 317 g/mol. The van der Waals surface area contributed by atoms with Crippen LogP contribution in [0.2, 0.25) is 0 Å². The lowest BCUT2D eigenvalue weighted by Crippen LogP contribution is -2.08. The Hall–Kier alpha value is -1.52. The summed E-state index contributed by atoms with van der Waals surface area (Å²) in [5.41, 5.74) is -0.614. The van der Waals surface area contributed by atoms with E-state index in [-0.39, 0.29) is 5.56 Å². The van der Waals surface area contributed by atoms with Crippen molar-refractivity contribution in [2.75, 3.05) is 6.61 Å². The number of carbonyl (C=O) groups is 1. The molecule has 0 aliphatic rings. The fraction of sp³-hybridized carbons (Fsp3) is 0.632. The highest BCUT2D eigenvalue weighted by molar-refractivity contribution is 5.89. The van der Waals surface area contributed by atoms with Crippen molar-refractivity contribution in [2.24, 2.45) is 0 Å². The van der Waals surface area contributed by atoms with Gasteiger partial charge in [-0.05, 0) is 30.7 Å². The van der Waals surface area contributed by atoms with Crippen LogP contribution < -0.4 is 0 Å². The molecule has 0 spiro atoms. The third-order valence-corrected chi connectivity index (χ3v) is 3.93. The van der Waals surface area contributed by atoms with Crippen molar-refractivity contribution < 1.29 is 22.7 Å². The van der Waals surface area contributed by atoms with Crippen molar-refractivity contribution in [3.63, 3.8) is 0 Å². The van der Waals surface area contributed by atoms with Gasteiger partial charge in [0.15, 0.2) is 0 Å². The maximum Gasteiger partial charge on any atom is 0.416 e. The van der Waals surface area contributed by atoms with Crippen molar-refractivity contribution in [3.8, 4) is 0 Å². The standard InChI is InChI=1S/C19H27F3O2/c1-2-3-4-5-6-7-8-9-10-15-24-18(23)16-11-13-17(14-12-16)19(20,21)22/h11-14H,2-10,15H2,1H3. The van der Waals surface area contributed by atoms with E-state index in [2.05, 4.69) is 6.92 Å². The zero-order valence-corrected chi connectivity index (χ0v) is 14.3. The minimum absolute atomic E-state index is 0.152. The number of benzene rings is 1. The van der Waals surface area contributed by atoms with Gasteiger partial charge in [-0.1, -0.05) is 58.3 Å². The van der Waals surface area contributed by atoms with Gasteiger partial charge in [-0.15, -0.1) is 0 Å². The van der Waals surface area contributed by atoms with Gasteiger partial charge in [0.2, 0.25) is 0 Å². The van der Waals surface area contributed by atoms with Crippen LogP contribution in [0, 0.1) is 0 Å². The average Bonchev–Trinajstić information content (AvgIpc) is 2.55. The van der Waals surface area contributed by atoms with Gasteiger partial charge >= 0.3 is 12.1 Å². The molecule has 2 nitrogen and oxygen atoms in total. The lowest BCUT2D eigenvalue weighted by molar-refractivity contribution is -0.137. The lowest BCUT2D eigenvalue weighted by atomic mass is 10.1. The Bertz CT molecular complexity index is 466. The van der Waals surface area contributed by atoms with E-state index < -0.39 is 17.7 Å². The van der Waals surface area contributed by atoms with Crippen molar-refractivity contribution in [3.05, 3.63) is 35.4 Å². The van der Waals surface area contributed by atoms with Crippen LogP contribution in [0.15, 0.2) is 24.3 Å². The lowest BCUT2D eigenvalue weighted by Gasteiger charge is -2.08. The Kier molecular flexibility index (Phi) is 9.50. The quantitative estimate of drug-likeness (QED) is 0.343. The van der Waals surface area contributed by atoms with Crippen molar-refractivity contribution >= 4 is 5.97 Å². The van der Waals surface area contributed by atoms with Gasteiger partial charge in [0.05, 0.1) is 17.7 Å². The normalized spacial score (nSPS) is 11.5. The molecule has 5 heteroatoms. The molecular formula is C19H27F3O2. The Balaban J connectivity index is 2.12. The number of rotatable bonds is 11. The van der Waals surface area contributed by atoms with E-state index in [0.717, 1.165) is 43.5 Å². The highest BCUT2D eigenvalue weighted by Crippen LogP contribution is 2.29. The van der Waals surface area contributed by atoms with E-state index in [0.29, 0.717) is 6.61 Å². The first-order valence-corrected chi connectivity index (χ1v) is 8.79. The summed E-state index contributed by atoms with van der Waals surface area (Å²) in [4.78, 5) is 11.7. The topological polar surface area (TPSA) is 26.3 Å². The van der Waals surface area contributed by atoms with E-state index >= 15 is 0 Å². The summed E-state index contributed by atoms with van der Waals surface area (Å²) in [6, 6.07) is 4.10. The Morgan fingerprint density at radius 3 is 1.88 bits per heavy atom. The molecule has 0 saturated heterocycles. The minimum atomic E-state index is -4.39. The molecule has 0 radical (unpaired) electrons. The molecule has 0 unspecified atom stereocenters. The van der Waals surface area contributed by atoms with Crippen LogP contribution in [0.5, 0.6) is 0 Å². The summed E-state index contributed by atoms with van der Waals surface area (Å²) in [6.45, 7) is 2.52. The van der Waals surface area contributed by atoms with Gasteiger partial charge in [0.25, 0.3) is 0 Å². The second kappa shape index (κ2) is 11.1. The van der Waals surface area contributed by atoms with Crippen molar-refractivity contribution in [1.82, 2.24) is 0 Å². The molecule has 0 amide bonds. The number of unbranched alkanes of at least 4 members (excludes halogenated alkanes) is 8. The third-order valence-electron chi connectivity index (χ3n) is 3.93. The molecule has 0 N–H and O–H groups in total. The van der Waals surface area contributed by atoms with Gasteiger partial charge < -0.3 is 4.74 Å². The number of halogens is 3. The van der Waals surface area contributed by atoms with E-state index in [1.165, 1.54) is 38.5 Å². The molecule has 1 rings (SSSR count). The molecule has 1 aromatic carbocycles. The molecule has 24 heavy (non-hydrogen) atoms. The van der Waals surface area contributed by atoms with E-state index in [9.17, 15) is 18.0 Å². The van der Waals surface area contributed by atoms with E-state index in [1.807, 2.05) is 0 Å². The predicted molar refractivity (Wildman–Crippen MR) is 89.0 cm³/mol. The molecule has 1 aromatic rings. The smallest absolute Gasteiger partial charge is 0.416 e. The summed E-state index contributed by atoms with van der Waals surface area (Å²) in [6.07, 6.45) is 6.16. The SMILES string of the molecule is CCCCCCCCCCCOC(=O)c1ccc(C(F)(F)F)cc1. The number of carbonyl (C=O) groups excluding carboxylic acids is 1.